The summed E-state index contributed by atoms with van der Waals surface area (Å²) in [5.41, 5.74) is 4.47. The molecule has 0 saturated carbocycles. The van der Waals surface area contributed by atoms with Gasteiger partial charge in [-0.1, -0.05) is 30.3 Å². The highest BCUT2D eigenvalue weighted by atomic mass is 16.6. The second kappa shape index (κ2) is 5.58. The van der Waals surface area contributed by atoms with Crippen molar-refractivity contribution >= 4 is 11.3 Å². The molecule has 2 aromatic heterocycles. The van der Waals surface area contributed by atoms with E-state index in [1.54, 1.807) is 29.0 Å². The lowest BCUT2D eigenvalue weighted by atomic mass is 10.1. The van der Waals surface area contributed by atoms with Crippen LogP contribution in [0.15, 0.2) is 73.1 Å². The molecule has 0 aliphatic rings. The number of non-ortho nitro benzene ring substituents is 1. The molecule has 116 valence electrons. The van der Waals surface area contributed by atoms with Gasteiger partial charge in [-0.2, -0.15) is 5.10 Å². The van der Waals surface area contributed by atoms with E-state index < -0.39 is 4.92 Å². The van der Waals surface area contributed by atoms with Crippen molar-refractivity contribution in [2.45, 2.75) is 0 Å². The SMILES string of the molecule is O=[N+]([O-])c1ccc(-c2ccnc3c(-c4ccccc4)cnn23)cc1. The van der Waals surface area contributed by atoms with Gasteiger partial charge in [-0.3, -0.25) is 10.1 Å². The van der Waals surface area contributed by atoms with E-state index in [4.69, 9.17) is 0 Å². The summed E-state index contributed by atoms with van der Waals surface area (Å²) < 4.78 is 1.75. The second-order valence-corrected chi connectivity index (χ2v) is 5.29. The van der Waals surface area contributed by atoms with Crippen LogP contribution in [0.1, 0.15) is 0 Å². The van der Waals surface area contributed by atoms with Gasteiger partial charge in [0.1, 0.15) is 0 Å². The Morgan fingerprint density at radius 1 is 0.917 bits per heavy atom. The molecular weight excluding hydrogens is 304 g/mol. The quantitative estimate of drug-likeness (QED) is 0.423. The van der Waals surface area contributed by atoms with Crippen molar-refractivity contribution in [2.24, 2.45) is 0 Å². The van der Waals surface area contributed by atoms with Crippen molar-refractivity contribution < 1.29 is 4.92 Å². The number of nitro groups is 1. The molecule has 6 nitrogen and oxygen atoms in total. The Balaban J connectivity index is 1.86. The Bertz CT molecular complexity index is 1020. The molecule has 0 N–H and O–H groups in total. The first-order chi connectivity index (χ1) is 11.7. The molecule has 2 aromatic carbocycles. The second-order valence-electron chi connectivity index (χ2n) is 5.29. The van der Waals surface area contributed by atoms with Crippen molar-refractivity contribution in [3.05, 3.63) is 83.2 Å². The van der Waals surface area contributed by atoms with Gasteiger partial charge in [0, 0.05) is 29.5 Å². The number of nitro benzene ring substituents is 1. The van der Waals surface area contributed by atoms with Crippen LogP contribution in [-0.4, -0.2) is 19.5 Å². The van der Waals surface area contributed by atoms with E-state index in [1.807, 2.05) is 36.4 Å². The molecule has 4 rings (SSSR count). The molecule has 0 aliphatic carbocycles. The van der Waals surface area contributed by atoms with Crippen molar-refractivity contribution in [3.63, 3.8) is 0 Å². The number of hydrogen-bond donors (Lipinski definition) is 0. The van der Waals surface area contributed by atoms with Gasteiger partial charge in [-0.25, -0.2) is 9.50 Å². The highest BCUT2D eigenvalue weighted by Gasteiger charge is 2.12. The van der Waals surface area contributed by atoms with Gasteiger partial charge in [-0.15, -0.1) is 0 Å². The van der Waals surface area contributed by atoms with Gasteiger partial charge in [0.05, 0.1) is 16.8 Å². The summed E-state index contributed by atoms with van der Waals surface area (Å²) >= 11 is 0. The number of hydrogen-bond acceptors (Lipinski definition) is 4. The van der Waals surface area contributed by atoms with Gasteiger partial charge < -0.3 is 0 Å². The molecular formula is C18H12N4O2. The Morgan fingerprint density at radius 2 is 1.67 bits per heavy atom. The number of nitrogens with zero attached hydrogens (tertiary/aromatic N) is 4. The Labute approximate surface area is 137 Å². The van der Waals surface area contributed by atoms with E-state index in [1.165, 1.54) is 12.1 Å². The van der Waals surface area contributed by atoms with Gasteiger partial charge in [0.15, 0.2) is 5.65 Å². The lowest BCUT2D eigenvalue weighted by Crippen LogP contribution is -1.96. The van der Waals surface area contributed by atoms with Crippen molar-refractivity contribution in [3.8, 4) is 22.4 Å². The highest BCUT2D eigenvalue weighted by molar-refractivity contribution is 5.78. The first kappa shape index (κ1) is 14.1. The Kier molecular flexibility index (Phi) is 3.28. The summed E-state index contributed by atoms with van der Waals surface area (Å²) in [6.45, 7) is 0. The zero-order valence-corrected chi connectivity index (χ0v) is 12.5. The minimum atomic E-state index is -0.409. The highest BCUT2D eigenvalue weighted by Crippen LogP contribution is 2.27. The van der Waals surface area contributed by atoms with Crippen LogP contribution in [0, 0.1) is 10.1 Å². The zero-order chi connectivity index (χ0) is 16.5. The fourth-order valence-corrected chi connectivity index (χ4v) is 2.69. The summed E-state index contributed by atoms with van der Waals surface area (Å²) in [4.78, 5) is 14.8. The number of aromatic nitrogens is 3. The van der Waals surface area contributed by atoms with Crippen LogP contribution in [-0.2, 0) is 0 Å². The molecule has 0 amide bonds. The molecule has 0 fully saturated rings. The Morgan fingerprint density at radius 3 is 2.38 bits per heavy atom. The molecule has 0 aliphatic heterocycles. The summed E-state index contributed by atoms with van der Waals surface area (Å²) in [5, 5.41) is 15.2. The fourth-order valence-electron chi connectivity index (χ4n) is 2.69. The largest absolute Gasteiger partial charge is 0.269 e. The van der Waals surface area contributed by atoms with Crippen LogP contribution in [0.3, 0.4) is 0 Å². The van der Waals surface area contributed by atoms with E-state index in [-0.39, 0.29) is 5.69 Å². The van der Waals surface area contributed by atoms with E-state index in [9.17, 15) is 10.1 Å². The average molecular weight is 316 g/mol. The molecule has 0 atom stereocenters. The predicted octanol–water partition coefficient (Wildman–Crippen LogP) is 3.97. The minimum absolute atomic E-state index is 0.0643. The van der Waals surface area contributed by atoms with E-state index in [0.717, 1.165) is 28.0 Å². The maximum atomic E-state index is 10.8. The molecule has 0 saturated heterocycles. The van der Waals surface area contributed by atoms with E-state index in [0.29, 0.717) is 0 Å². The molecule has 4 aromatic rings. The molecule has 6 heteroatoms. The lowest BCUT2D eigenvalue weighted by Gasteiger charge is -2.05. The normalized spacial score (nSPS) is 10.8. The topological polar surface area (TPSA) is 73.3 Å². The first-order valence-electron chi connectivity index (χ1n) is 7.37. The summed E-state index contributed by atoms with van der Waals surface area (Å²) in [6, 6.07) is 18.2. The van der Waals surface area contributed by atoms with Gasteiger partial charge in [-0.05, 0) is 23.8 Å². The average Bonchev–Trinajstić information content (AvgIpc) is 3.06. The van der Waals surface area contributed by atoms with Gasteiger partial charge >= 0.3 is 0 Å². The number of rotatable bonds is 3. The van der Waals surface area contributed by atoms with Crippen LogP contribution in [0.2, 0.25) is 0 Å². The Hall–Kier alpha value is -3.54. The van der Waals surface area contributed by atoms with Crippen LogP contribution < -0.4 is 0 Å². The third-order valence-corrected chi connectivity index (χ3v) is 3.86. The predicted molar refractivity (Wildman–Crippen MR) is 90.5 cm³/mol. The summed E-state index contributed by atoms with van der Waals surface area (Å²) in [7, 11) is 0. The molecule has 24 heavy (non-hydrogen) atoms. The van der Waals surface area contributed by atoms with E-state index >= 15 is 0 Å². The molecule has 0 spiro atoms. The third kappa shape index (κ3) is 2.30. The van der Waals surface area contributed by atoms with E-state index in [2.05, 4.69) is 10.1 Å². The number of fused-ring (bicyclic) bond motifs is 1. The molecule has 0 unspecified atom stereocenters. The molecule has 0 radical (unpaired) electrons. The number of benzene rings is 2. The van der Waals surface area contributed by atoms with Crippen LogP contribution in [0.5, 0.6) is 0 Å². The fraction of sp³-hybridized carbons (Fsp3) is 0. The minimum Gasteiger partial charge on any atom is -0.258 e. The third-order valence-electron chi connectivity index (χ3n) is 3.86. The zero-order valence-electron chi connectivity index (χ0n) is 12.5. The molecule has 2 heterocycles. The summed E-state index contributed by atoms with van der Waals surface area (Å²) in [6.07, 6.45) is 3.51. The van der Waals surface area contributed by atoms with Crippen molar-refractivity contribution in [1.29, 1.82) is 0 Å². The lowest BCUT2D eigenvalue weighted by molar-refractivity contribution is -0.384. The van der Waals surface area contributed by atoms with Crippen LogP contribution in [0.25, 0.3) is 28.0 Å². The van der Waals surface area contributed by atoms with Crippen LogP contribution in [0.4, 0.5) is 5.69 Å². The molecule has 0 bridgehead atoms. The van der Waals surface area contributed by atoms with Gasteiger partial charge in [0.2, 0.25) is 0 Å². The van der Waals surface area contributed by atoms with Gasteiger partial charge in [0.25, 0.3) is 5.69 Å². The van der Waals surface area contributed by atoms with Crippen LogP contribution >= 0.6 is 0 Å². The van der Waals surface area contributed by atoms with Crippen molar-refractivity contribution in [1.82, 2.24) is 14.6 Å². The van der Waals surface area contributed by atoms with Crippen molar-refractivity contribution in [2.75, 3.05) is 0 Å². The smallest absolute Gasteiger partial charge is 0.258 e. The standard InChI is InChI=1S/C18H12N4O2/c23-22(24)15-8-6-14(7-9-15)17-10-11-19-18-16(12-20-21(17)18)13-4-2-1-3-5-13/h1-12H. The summed E-state index contributed by atoms with van der Waals surface area (Å²) in [5.74, 6) is 0. The maximum Gasteiger partial charge on any atom is 0.269 e. The maximum absolute atomic E-state index is 10.8. The monoisotopic (exact) mass is 316 g/mol. The first-order valence-corrected chi connectivity index (χ1v) is 7.37.